The van der Waals surface area contributed by atoms with E-state index >= 15 is 0 Å². The van der Waals surface area contributed by atoms with Gasteiger partial charge in [0.05, 0.1) is 11.3 Å². The minimum atomic E-state index is -2.97. The van der Waals surface area contributed by atoms with Gasteiger partial charge in [0.1, 0.15) is 9.84 Å². The number of nitrogens with zero attached hydrogens (tertiary/aromatic N) is 3. The molecule has 1 aromatic carbocycles. The molecule has 23 heavy (non-hydrogen) atoms. The lowest BCUT2D eigenvalue weighted by atomic mass is 10.0. The first-order chi connectivity index (χ1) is 10.8. The number of aryl methyl sites for hydroxylation is 3. The Morgan fingerprint density at radius 1 is 1.09 bits per heavy atom. The molecule has 2 heterocycles. The molecular weight excluding hydrogens is 330 g/mol. The molecule has 2 aromatic heterocycles. The molecule has 0 aliphatic rings. The van der Waals surface area contributed by atoms with E-state index in [4.69, 9.17) is 0 Å². The number of sulfone groups is 1. The van der Waals surface area contributed by atoms with Gasteiger partial charge in [0.2, 0.25) is 0 Å². The van der Waals surface area contributed by atoms with Crippen LogP contribution in [0.1, 0.15) is 16.7 Å². The van der Waals surface area contributed by atoms with Crippen LogP contribution in [0.4, 0.5) is 0 Å². The van der Waals surface area contributed by atoms with E-state index in [1.54, 1.807) is 0 Å². The summed E-state index contributed by atoms with van der Waals surface area (Å²) in [6.45, 7) is 6.25. The first-order valence-corrected chi connectivity index (χ1v) is 10.4. The van der Waals surface area contributed by atoms with Gasteiger partial charge in [0, 0.05) is 17.4 Å². The van der Waals surface area contributed by atoms with E-state index in [1.165, 1.54) is 40.1 Å². The van der Waals surface area contributed by atoms with Crippen molar-refractivity contribution in [3.05, 3.63) is 34.9 Å². The molecule has 0 amide bonds. The average Bonchev–Trinajstić information content (AvgIpc) is 2.80. The number of aromatic nitrogens is 3. The minimum absolute atomic E-state index is 0.133. The molecule has 0 saturated heterocycles. The average molecular weight is 349 g/mol. The summed E-state index contributed by atoms with van der Waals surface area (Å²) < 4.78 is 24.7. The fourth-order valence-electron chi connectivity index (χ4n) is 2.79. The second kappa shape index (κ2) is 5.79. The number of hydrogen-bond acceptors (Lipinski definition) is 5. The van der Waals surface area contributed by atoms with Crippen LogP contribution < -0.4 is 0 Å². The maximum atomic E-state index is 11.3. The van der Waals surface area contributed by atoms with Gasteiger partial charge in [-0.1, -0.05) is 23.4 Å². The van der Waals surface area contributed by atoms with Crippen molar-refractivity contribution < 1.29 is 8.42 Å². The second-order valence-electron chi connectivity index (χ2n) is 5.96. The van der Waals surface area contributed by atoms with Gasteiger partial charge in [-0.15, -0.1) is 10.2 Å². The van der Waals surface area contributed by atoms with Crippen molar-refractivity contribution in [2.24, 2.45) is 0 Å². The van der Waals surface area contributed by atoms with Crippen molar-refractivity contribution in [3.63, 3.8) is 0 Å². The van der Waals surface area contributed by atoms with Gasteiger partial charge < -0.3 is 0 Å². The van der Waals surface area contributed by atoms with E-state index in [0.717, 1.165) is 16.3 Å². The Morgan fingerprint density at radius 3 is 2.52 bits per heavy atom. The third-order valence-corrected chi connectivity index (χ3v) is 5.92. The molecule has 3 aromatic rings. The van der Waals surface area contributed by atoms with Crippen molar-refractivity contribution in [2.45, 2.75) is 25.9 Å². The highest BCUT2D eigenvalue weighted by Crippen LogP contribution is 2.29. The molecule has 0 N–H and O–H groups in total. The van der Waals surface area contributed by atoms with Crippen molar-refractivity contribution >= 4 is 38.1 Å². The van der Waals surface area contributed by atoms with Gasteiger partial charge in [-0.25, -0.2) is 8.42 Å². The Kier molecular flexibility index (Phi) is 4.10. The smallest absolute Gasteiger partial charge is 0.196 e. The molecule has 0 radical (unpaired) electrons. The molecule has 0 spiro atoms. The Balaban J connectivity index is 2.16. The van der Waals surface area contributed by atoms with Crippen LogP contribution in [0.2, 0.25) is 0 Å². The molecular formula is C16H19N3O2S2. The number of thioether (sulfide) groups is 1. The Hall–Kier alpha value is -1.60. The quantitative estimate of drug-likeness (QED) is 0.678. The number of hydrogen-bond donors (Lipinski definition) is 0. The van der Waals surface area contributed by atoms with Crippen LogP contribution in [0, 0.1) is 20.8 Å². The molecule has 3 rings (SSSR count). The molecule has 0 atom stereocenters. The molecule has 122 valence electrons. The molecule has 7 heteroatoms. The largest absolute Gasteiger partial charge is 0.270 e. The molecule has 0 fully saturated rings. The number of rotatable bonds is 4. The first kappa shape index (κ1) is 16.3. The van der Waals surface area contributed by atoms with E-state index in [1.807, 2.05) is 10.5 Å². The standard InChI is InChI=1S/C16H19N3O2S2/c1-10-7-12(3)15-13(8-10)11(2)9-14-17-18-16(19(14)15)22-5-6-23(4,20)21/h7-9H,5-6H2,1-4H3. The zero-order valence-corrected chi connectivity index (χ0v) is 15.3. The summed E-state index contributed by atoms with van der Waals surface area (Å²) in [4.78, 5) is 0. The number of fused-ring (bicyclic) bond motifs is 3. The summed E-state index contributed by atoms with van der Waals surface area (Å²) in [7, 11) is -2.97. The lowest BCUT2D eigenvalue weighted by Gasteiger charge is -2.11. The summed E-state index contributed by atoms with van der Waals surface area (Å²) in [5.41, 5.74) is 5.44. The molecule has 0 aliphatic heterocycles. The fourth-order valence-corrected chi connectivity index (χ4v) is 4.93. The third-order valence-electron chi connectivity index (χ3n) is 3.78. The minimum Gasteiger partial charge on any atom is -0.270 e. The normalized spacial score (nSPS) is 12.3. The molecule has 0 unspecified atom stereocenters. The van der Waals surface area contributed by atoms with Gasteiger partial charge >= 0.3 is 0 Å². The predicted molar refractivity (Wildman–Crippen MR) is 95.1 cm³/mol. The number of benzene rings is 1. The van der Waals surface area contributed by atoms with Gasteiger partial charge in [-0.2, -0.15) is 0 Å². The van der Waals surface area contributed by atoms with Crippen molar-refractivity contribution in [2.75, 3.05) is 17.8 Å². The zero-order valence-electron chi connectivity index (χ0n) is 13.6. The van der Waals surface area contributed by atoms with E-state index in [2.05, 4.69) is 43.1 Å². The molecule has 5 nitrogen and oxygen atoms in total. The highest BCUT2D eigenvalue weighted by molar-refractivity contribution is 8.00. The Labute approximate surface area is 140 Å². The van der Waals surface area contributed by atoms with Crippen LogP contribution in [0.5, 0.6) is 0 Å². The lowest BCUT2D eigenvalue weighted by molar-refractivity contribution is 0.603. The highest BCUT2D eigenvalue weighted by Gasteiger charge is 2.14. The molecule has 0 saturated carbocycles. The predicted octanol–water partition coefficient (Wildman–Crippen LogP) is 2.94. The van der Waals surface area contributed by atoms with E-state index in [9.17, 15) is 8.42 Å². The topological polar surface area (TPSA) is 64.3 Å². The van der Waals surface area contributed by atoms with E-state index in [0.29, 0.717) is 5.75 Å². The van der Waals surface area contributed by atoms with Crippen molar-refractivity contribution in [1.82, 2.24) is 14.6 Å². The van der Waals surface area contributed by atoms with Gasteiger partial charge in [0.25, 0.3) is 0 Å². The molecule has 0 bridgehead atoms. The van der Waals surface area contributed by atoms with Gasteiger partial charge in [-0.05, 0) is 44.0 Å². The summed E-state index contributed by atoms with van der Waals surface area (Å²) >= 11 is 1.43. The van der Waals surface area contributed by atoms with Crippen LogP contribution >= 0.6 is 11.8 Å². The zero-order chi connectivity index (χ0) is 16.8. The summed E-state index contributed by atoms with van der Waals surface area (Å²) in [5, 5.41) is 10.4. The van der Waals surface area contributed by atoms with Crippen molar-refractivity contribution in [1.29, 1.82) is 0 Å². The first-order valence-electron chi connectivity index (χ1n) is 7.32. The maximum Gasteiger partial charge on any atom is 0.196 e. The summed E-state index contributed by atoms with van der Waals surface area (Å²) in [5.74, 6) is 0.606. The monoisotopic (exact) mass is 349 g/mol. The SMILES string of the molecule is Cc1cc(C)c2c(c1)c(C)cc1nnc(SCCS(C)(=O)=O)n12. The van der Waals surface area contributed by atoms with Crippen molar-refractivity contribution in [3.8, 4) is 0 Å². The van der Waals surface area contributed by atoms with Crippen LogP contribution in [-0.4, -0.2) is 40.8 Å². The van der Waals surface area contributed by atoms with Crippen LogP contribution in [0.3, 0.4) is 0 Å². The summed E-state index contributed by atoms with van der Waals surface area (Å²) in [6.07, 6.45) is 1.25. The van der Waals surface area contributed by atoms with E-state index < -0.39 is 9.84 Å². The third kappa shape index (κ3) is 3.21. The Morgan fingerprint density at radius 2 is 1.83 bits per heavy atom. The van der Waals surface area contributed by atoms with Gasteiger partial charge in [0.15, 0.2) is 10.8 Å². The van der Waals surface area contributed by atoms with Crippen LogP contribution in [0.15, 0.2) is 23.4 Å². The fraction of sp³-hybridized carbons (Fsp3) is 0.375. The van der Waals surface area contributed by atoms with Crippen LogP contribution in [0.25, 0.3) is 16.6 Å². The van der Waals surface area contributed by atoms with Crippen LogP contribution in [-0.2, 0) is 9.84 Å². The molecule has 0 aliphatic carbocycles. The Bertz CT molecular complexity index is 1010. The lowest BCUT2D eigenvalue weighted by Crippen LogP contribution is -2.05. The maximum absolute atomic E-state index is 11.3. The summed E-state index contributed by atoms with van der Waals surface area (Å²) in [6, 6.07) is 6.34. The van der Waals surface area contributed by atoms with Gasteiger partial charge in [-0.3, -0.25) is 4.40 Å². The van der Waals surface area contributed by atoms with E-state index in [-0.39, 0.29) is 5.75 Å². The highest BCUT2D eigenvalue weighted by atomic mass is 32.2. The second-order valence-corrected chi connectivity index (χ2v) is 9.28. The number of pyridine rings is 1.